The molecule has 1 aliphatic heterocycles. The van der Waals surface area contributed by atoms with Gasteiger partial charge in [-0.05, 0) is 70.0 Å². The molecule has 0 spiro atoms. The lowest BCUT2D eigenvalue weighted by atomic mass is 10.1. The summed E-state index contributed by atoms with van der Waals surface area (Å²) in [7, 11) is 0. The van der Waals surface area contributed by atoms with Gasteiger partial charge in [-0.15, -0.1) is 0 Å². The van der Waals surface area contributed by atoms with Gasteiger partial charge in [-0.2, -0.15) is 0 Å². The smallest absolute Gasteiger partial charge is 0.253 e. The van der Waals surface area contributed by atoms with Crippen molar-refractivity contribution in [1.82, 2.24) is 4.90 Å². The Morgan fingerprint density at radius 2 is 1.80 bits per heavy atom. The topological polar surface area (TPSA) is 42.0 Å². The maximum Gasteiger partial charge on any atom is 0.253 e. The number of rotatable bonds is 7. The van der Waals surface area contributed by atoms with Crippen molar-refractivity contribution in [3.63, 3.8) is 0 Å². The predicted molar refractivity (Wildman–Crippen MR) is 122 cm³/mol. The first-order valence-corrected chi connectivity index (χ1v) is 10.9. The third-order valence-corrected chi connectivity index (χ3v) is 5.66. The standard InChI is InChI=1S/C25H34N2O3/c1-6-29-24-11-10-21(16-22(24)17-30-18(2)3)25(28)27-14-12-26(13-15-27)23-9-7-8-19(4)20(23)5/h7-11,16,18H,6,12-15,17H2,1-5H3. The first-order valence-electron chi connectivity index (χ1n) is 10.9. The Labute approximate surface area is 180 Å². The fraction of sp³-hybridized carbons (Fsp3) is 0.480. The van der Waals surface area contributed by atoms with E-state index < -0.39 is 0 Å². The van der Waals surface area contributed by atoms with E-state index in [1.165, 1.54) is 16.8 Å². The van der Waals surface area contributed by atoms with Crippen molar-refractivity contribution < 1.29 is 14.3 Å². The van der Waals surface area contributed by atoms with Crippen molar-refractivity contribution in [3.8, 4) is 5.75 Å². The molecule has 0 radical (unpaired) electrons. The van der Waals surface area contributed by atoms with E-state index in [-0.39, 0.29) is 12.0 Å². The molecule has 0 aliphatic carbocycles. The van der Waals surface area contributed by atoms with Crippen LogP contribution < -0.4 is 9.64 Å². The van der Waals surface area contributed by atoms with Crippen LogP contribution >= 0.6 is 0 Å². The zero-order valence-electron chi connectivity index (χ0n) is 18.9. The Morgan fingerprint density at radius 1 is 1.07 bits per heavy atom. The summed E-state index contributed by atoms with van der Waals surface area (Å²) >= 11 is 0. The second-order valence-electron chi connectivity index (χ2n) is 8.11. The minimum Gasteiger partial charge on any atom is -0.494 e. The molecule has 1 saturated heterocycles. The van der Waals surface area contributed by atoms with E-state index in [2.05, 4.69) is 36.9 Å². The van der Waals surface area contributed by atoms with E-state index in [4.69, 9.17) is 9.47 Å². The number of anilines is 1. The first kappa shape index (κ1) is 22.2. The maximum absolute atomic E-state index is 13.1. The number of hydrogen-bond donors (Lipinski definition) is 0. The quantitative estimate of drug-likeness (QED) is 0.670. The number of nitrogens with zero attached hydrogens (tertiary/aromatic N) is 2. The van der Waals surface area contributed by atoms with E-state index in [0.717, 1.165) is 37.5 Å². The number of piperazine rings is 1. The number of amides is 1. The normalized spacial score (nSPS) is 14.3. The van der Waals surface area contributed by atoms with Crippen LogP contribution in [-0.2, 0) is 11.3 Å². The van der Waals surface area contributed by atoms with Crippen molar-refractivity contribution in [2.75, 3.05) is 37.7 Å². The molecule has 30 heavy (non-hydrogen) atoms. The van der Waals surface area contributed by atoms with Crippen molar-refractivity contribution in [1.29, 1.82) is 0 Å². The Balaban J connectivity index is 1.69. The van der Waals surface area contributed by atoms with Crippen LogP contribution in [0.25, 0.3) is 0 Å². The lowest BCUT2D eigenvalue weighted by Crippen LogP contribution is -2.49. The molecule has 0 N–H and O–H groups in total. The second kappa shape index (κ2) is 9.98. The van der Waals surface area contributed by atoms with Crippen LogP contribution in [-0.4, -0.2) is 49.7 Å². The van der Waals surface area contributed by atoms with Gasteiger partial charge in [-0.25, -0.2) is 0 Å². The van der Waals surface area contributed by atoms with E-state index in [9.17, 15) is 4.79 Å². The van der Waals surface area contributed by atoms with Crippen molar-refractivity contribution in [3.05, 3.63) is 58.7 Å². The highest BCUT2D eigenvalue weighted by molar-refractivity contribution is 5.94. The van der Waals surface area contributed by atoms with Gasteiger partial charge >= 0.3 is 0 Å². The van der Waals surface area contributed by atoms with Crippen LogP contribution in [0, 0.1) is 13.8 Å². The molecule has 0 aromatic heterocycles. The lowest BCUT2D eigenvalue weighted by molar-refractivity contribution is 0.0639. The van der Waals surface area contributed by atoms with E-state index >= 15 is 0 Å². The average Bonchev–Trinajstić information content (AvgIpc) is 2.75. The number of hydrogen-bond acceptors (Lipinski definition) is 4. The number of carbonyl (C=O) groups excluding carboxylic acids is 1. The molecule has 1 fully saturated rings. The zero-order valence-corrected chi connectivity index (χ0v) is 18.9. The maximum atomic E-state index is 13.1. The molecule has 5 heteroatoms. The van der Waals surface area contributed by atoms with Gasteiger partial charge < -0.3 is 19.3 Å². The van der Waals surface area contributed by atoms with Gasteiger partial charge in [0, 0.05) is 43.0 Å². The molecule has 3 rings (SSSR count). The van der Waals surface area contributed by atoms with Crippen LogP contribution in [0.4, 0.5) is 5.69 Å². The van der Waals surface area contributed by atoms with Gasteiger partial charge in [0.2, 0.25) is 0 Å². The molecular weight excluding hydrogens is 376 g/mol. The summed E-state index contributed by atoms with van der Waals surface area (Å²) in [5, 5.41) is 0. The Bertz CT molecular complexity index is 871. The average molecular weight is 411 g/mol. The summed E-state index contributed by atoms with van der Waals surface area (Å²) in [6.45, 7) is 14.4. The lowest BCUT2D eigenvalue weighted by Gasteiger charge is -2.37. The van der Waals surface area contributed by atoms with Gasteiger partial charge in [0.25, 0.3) is 5.91 Å². The van der Waals surface area contributed by atoms with Crippen LogP contribution in [0.1, 0.15) is 47.8 Å². The van der Waals surface area contributed by atoms with E-state index in [1.54, 1.807) is 0 Å². The third kappa shape index (κ3) is 5.14. The molecular formula is C25H34N2O3. The fourth-order valence-corrected chi connectivity index (χ4v) is 3.79. The minimum absolute atomic E-state index is 0.0736. The highest BCUT2D eigenvalue weighted by Crippen LogP contribution is 2.26. The molecule has 0 unspecified atom stereocenters. The van der Waals surface area contributed by atoms with Gasteiger partial charge in [0.1, 0.15) is 5.75 Å². The summed E-state index contributed by atoms with van der Waals surface area (Å²) < 4.78 is 11.5. The Kier molecular flexibility index (Phi) is 7.38. The van der Waals surface area contributed by atoms with Crippen LogP contribution in [0.15, 0.2) is 36.4 Å². The van der Waals surface area contributed by atoms with Gasteiger partial charge in [-0.3, -0.25) is 4.79 Å². The summed E-state index contributed by atoms with van der Waals surface area (Å²) in [6.07, 6.45) is 0.122. The first-order chi connectivity index (χ1) is 14.4. The molecule has 162 valence electrons. The molecule has 2 aromatic rings. The summed E-state index contributed by atoms with van der Waals surface area (Å²) in [4.78, 5) is 17.5. The highest BCUT2D eigenvalue weighted by Gasteiger charge is 2.24. The van der Waals surface area contributed by atoms with Crippen molar-refractivity contribution >= 4 is 11.6 Å². The predicted octanol–water partition coefficient (Wildman–Crippen LogP) is 4.59. The third-order valence-electron chi connectivity index (χ3n) is 5.66. The van der Waals surface area contributed by atoms with Crippen LogP contribution in [0.2, 0.25) is 0 Å². The summed E-state index contributed by atoms with van der Waals surface area (Å²) in [6, 6.07) is 12.1. The SMILES string of the molecule is CCOc1ccc(C(=O)N2CCN(c3cccc(C)c3C)CC2)cc1COC(C)C. The van der Waals surface area contributed by atoms with Crippen LogP contribution in [0.3, 0.4) is 0 Å². The number of ether oxygens (including phenoxy) is 2. The number of carbonyl (C=O) groups is 1. The highest BCUT2D eigenvalue weighted by atomic mass is 16.5. The van der Waals surface area contributed by atoms with Crippen molar-refractivity contribution in [2.45, 2.75) is 47.3 Å². The molecule has 1 amide bonds. The second-order valence-corrected chi connectivity index (χ2v) is 8.11. The number of benzene rings is 2. The molecule has 2 aromatic carbocycles. The Morgan fingerprint density at radius 3 is 2.47 bits per heavy atom. The minimum atomic E-state index is 0.0736. The van der Waals surface area contributed by atoms with E-state index in [1.807, 2.05) is 43.9 Å². The van der Waals surface area contributed by atoms with Crippen LogP contribution in [0.5, 0.6) is 5.75 Å². The Hall–Kier alpha value is -2.53. The van der Waals surface area contributed by atoms with E-state index in [0.29, 0.717) is 18.8 Å². The molecule has 0 saturated carbocycles. The van der Waals surface area contributed by atoms with Gasteiger partial charge in [0.15, 0.2) is 0 Å². The monoisotopic (exact) mass is 410 g/mol. The number of aryl methyl sites for hydroxylation is 1. The zero-order chi connectivity index (χ0) is 21.7. The molecule has 1 aliphatic rings. The van der Waals surface area contributed by atoms with Gasteiger partial charge in [0.05, 0.1) is 19.3 Å². The van der Waals surface area contributed by atoms with Crippen molar-refractivity contribution in [2.24, 2.45) is 0 Å². The summed E-state index contributed by atoms with van der Waals surface area (Å²) in [5.74, 6) is 0.860. The molecule has 5 nitrogen and oxygen atoms in total. The molecule has 0 atom stereocenters. The van der Waals surface area contributed by atoms with Gasteiger partial charge in [-0.1, -0.05) is 12.1 Å². The molecule has 1 heterocycles. The summed E-state index contributed by atoms with van der Waals surface area (Å²) in [5.41, 5.74) is 5.51. The molecule has 0 bridgehead atoms. The largest absolute Gasteiger partial charge is 0.494 e. The fourth-order valence-electron chi connectivity index (χ4n) is 3.79.